The third-order valence-corrected chi connectivity index (χ3v) is 9.46. The highest BCUT2D eigenvalue weighted by molar-refractivity contribution is 7.93. The van der Waals surface area contributed by atoms with Crippen molar-refractivity contribution in [2.75, 3.05) is 42.8 Å². The van der Waals surface area contributed by atoms with Crippen molar-refractivity contribution in [3.05, 3.63) is 66.0 Å². The third-order valence-electron chi connectivity index (χ3n) is 7.59. The van der Waals surface area contributed by atoms with Crippen molar-refractivity contribution in [3.63, 3.8) is 0 Å². The first-order valence-electron chi connectivity index (χ1n) is 12.9. The number of sulfonamides is 1. The Morgan fingerprint density at radius 2 is 1.59 bits per heavy atom. The Balaban J connectivity index is 1.29. The molecular formula is C29H33N5O2S. The van der Waals surface area contributed by atoms with Gasteiger partial charge in [0.25, 0.3) is 0 Å². The maximum Gasteiger partial charge on any atom is 0.235 e. The molecule has 2 fully saturated rings. The van der Waals surface area contributed by atoms with Crippen LogP contribution in [0.4, 0.5) is 11.4 Å². The molecule has 0 atom stereocenters. The number of aryl methyl sites for hydroxylation is 2. The van der Waals surface area contributed by atoms with Gasteiger partial charge in [-0.1, -0.05) is 12.1 Å². The highest BCUT2D eigenvalue weighted by Crippen LogP contribution is 2.35. The first-order chi connectivity index (χ1) is 17.8. The van der Waals surface area contributed by atoms with Gasteiger partial charge in [0.05, 0.1) is 5.25 Å². The second kappa shape index (κ2) is 9.19. The molecular weight excluding hydrogens is 482 g/mol. The second-order valence-electron chi connectivity index (χ2n) is 10.5. The number of anilines is 2. The van der Waals surface area contributed by atoms with E-state index in [1.165, 1.54) is 22.4 Å². The van der Waals surface area contributed by atoms with Crippen molar-refractivity contribution in [3.8, 4) is 22.3 Å². The maximum absolute atomic E-state index is 12.3. The third kappa shape index (κ3) is 4.71. The first kappa shape index (κ1) is 24.0. The zero-order chi connectivity index (χ0) is 25.7. The highest BCUT2D eigenvalue weighted by Gasteiger charge is 2.35. The molecule has 2 aromatic heterocycles. The fourth-order valence-corrected chi connectivity index (χ4v) is 6.78. The number of piperazine rings is 1. The molecule has 1 aliphatic heterocycles. The maximum atomic E-state index is 12.3. The van der Waals surface area contributed by atoms with Gasteiger partial charge in [-0.05, 0) is 86.3 Å². The average molecular weight is 516 g/mol. The summed E-state index contributed by atoms with van der Waals surface area (Å²) in [6.45, 7) is 8.70. The Morgan fingerprint density at radius 3 is 2.24 bits per heavy atom. The topological polar surface area (TPSA) is 81.3 Å². The van der Waals surface area contributed by atoms with Crippen LogP contribution in [0, 0.1) is 13.8 Å². The molecule has 4 aromatic rings. The number of rotatable bonds is 6. The summed E-state index contributed by atoms with van der Waals surface area (Å²) >= 11 is 0. The Kier molecular flexibility index (Phi) is 5.96. The number of aromatic nitrogens is 2. The van der Waals surface area contributed by atoms with E-state index < -0.39 is 10.0 Å². The number of benzene rings is 2. The van der Waals surface area contributed by atoms with Crippen LogP contribution in [0.5, 0.6) is 0 Å². The number of fused-ring (bicyclic) bond motifs is 1. The van der Waals surface area contributed by atoms with Gasteiger partial charge in [0, 0.05) is 66.5 Å². The van der Waals surface area contributed by atoms with E-state index in [0.717, 1.165) is 66.7 Å². The van der Waals surface area contributed by atoms with Gasteiger partial charge in [-0.2, -0.15) is 0 Å². The summed E-state index contributed by atoms with van der Waals surface area (Å²) < 4.78 is 27.2. The largest absolute Gasteiger partial charge is 0.369 e. The number of nitrogens with one attached hydrogen (secondary N) is 2. The van der Waals surface area contributed by atoms with Crippen molar-refractivity contribution in [1.29, 1.82) is 0 Å². The Morgan fingerprint density at radius 1 is 0.919 bits per heavy atom. The number of aromatic amines is 1. The molecule has 0 amide bonds. The van der Waals surface area contributed by atoms with E-state index >= 15 is 0 Å². The molecule has 3 heterocycles. The van der Waals surface area contributed by atoms with Gasteiger partial charge in [-0.25, -0.2) is 13.4 Å². The molecule has 1 aliphatic carbocycles. The summed E-state index contributed by atoms with van der Waals surface area (Å²) in [5.74, 6) is 0. The molecule has 1 saturated carbocycles. The van der Waals surface area contributed by atoms with Crippen LogP contribution < -0.4 is 9.62 Å². The SMILES string of the molecule is Cc1cc(-c2cnc3[nH]cc(-c4ccc(NS(=O)(=O)C5CC5)cc4)c3c2)cc(C)c1N1CCN(C)CC1. The van der Waals surface area contributed by atoms with Crippen LogP contribution in [0.2, 0.25) is 0 Å². The number of H-pyrrole nitrogens is 1. The van der Waals surface area contributed by atoms with Crippen LogP contribution in [0.15, 0.2) is 54.9 Å². The van der Waals surface area contributed by atoms with Crippen molar-refractivity contribution in [2.45, 2.75) is 31.9 Å². The monoisotopic (exact) mass is 515 g/mol. The van der Waals surface area contributed by atoms with Crippen molar-refractivity contribution in [1.82, 2.24) is 14.9 Å². The Bertz CT molecular complexity index is 1540. The predicted octanol–water partition coefficient (Wildman–Crippen LogP) is 5.17. The van der Waals surface area contributed by atoms with Crippen molar-refractivity contribution >= 4 is 32.4 Å². The molecule has 0 unspecified atom stereocenters. The molecule has 2 N–H and O–H groups in total. The summed E-state index contributed by atoms with van der Waals surface area (Å²) in [7, 11) is -1.09. The number of likely N-dealkylation sites (N-methyl/N-ethyl adjacent to an activating group) is 1. The van der Waals surface area contributed by atoms with E-state index in [4.69, 9.17) is 4.98 Å². The lowest BCUT2D eigenvalue weighted by atomic mass is 9.97. The molecule has 0 bridgehead atoms. The smallest absolute Gasteiger partial charge is 0.235 e. The lowest BCUT2D eigenvalue weighted by Crippen LogP contribution is -2.45. The van der Waals surface area contributed by atoms with Gasteiger partial charge in [0.2, 0.25) is 10.0 Å². The standard InChI is InChI=1S/C29H33N5O2S/c1-19-14-22(15-20(2)28(19)34-12-10-33(3)11-13-34)23-16-26-27(18-31-29(26)30-17-23)21-4-6-24(7-5-21)32-37(35,36)25-8-9-25/h4-7,14-18,25,32H,8-13H2,1-3H3,(H,30,31). The van der Waals surface area contributed by atoms with Crippen LogP contribution in [0.1, 0.15) is 24.0 Å². The zero-order valence-corrected chi connectivity index (χ0v) is 22.4. The van der Waals surface area contributed by atoms with E-state index in [9.17, 15) is 8.42 Å². The van der Waals surface area contributed by atoms with E-state index in [2.05, 4.69) is 58.6 Å². The molecule has 37 heavy (non-hydrogen) atoms. The molecule has 2 aromatic carbocycles. The first-order valence-corrected chi connectivity index (χ1v) is 14.5. The van der Waals surface area contributed by atoms with Gasteiger partial charge < -0.3 is 14.8 Å². The van der Waals surface area contributed by atoms with Crippen LogP contribution in [-0.4, -0.2) is 61.8 Å². The quantitative estimate of drug-likeness (QED) is 0.370. The molecule has 1 saturated heterocycles. The van der Waals surface area contributed by atoms with Crippen LogP contribution in [0.25, 0.3) is 33.3 Å². The minimum atomic E-state index is -3.27. The summed E-state index contributed by atoms with van der Waals surface area (Å²) in [5, 5.41) is 0.801. The Hall–Kier alpha value is -3.36. The molecule has 0 spiro atoms. The molecule has 8 heteroatoms. The predicted molar refractivity (Wildman–Crippen MR) is 152 cm³/mol. The van der Waals surface area contributed by atoms with Crippen LogP contribution in [0.3, 0.4) is 0 Å². The van der Waals surface area contributed by atoms with E-state index in [1.54, 1.807) is 0 Å². The molecule has 7 nitrogen and oxygen atoms in total. The molecule has 6 rings (SSSR count). The zero-order valence-electron chi connectivity index (χ0n) is 21.6. The van der Waals surface area contributed by atoms with E-state index in [0.29, 0.717) is 5.69 Å². The average Bonchev–Trinajstić information content (AvgIpc) is 3.66. The fraction of sp³-hybridized carbons (Fsp3) is 0.345. The molecule has 0 radical (unpaired) electrons. The minimum absolute atomic E-state index is 0.242. The summed E-state index contributed by atoms with van der Waals surface area (Å²) in [6.07, 6.45) is 5.39. The molecule has 2 aliphatic rings. The lowest BCUT2D eigenvalue weighted by Gasteiger charge is -2.36. The van der Waals surface area contributed by atoms with Gasteiger partial charge in [-0.3, -0.25) is 4.72 Å². The van der Waals surface area contributed by atoms with Gasteiger partial charge in [0.1, 0.15) is 5.65 Å². The van der Waals surface area contributed by atoms with Crippen LogP contribution >= 0.6 is 0 Å². The summed E-state index contributed by atoms with van der Waals surface area (Å²) in [5.41, 5.74) is 9.67. The molecule has 192 valence electrons. The Labute approximate surface area is 218 Å². The van der Waals surface area contributed by atoms with E-state index in [1.807, 2.05) is 36.7 Å². The number of hydrogen-bond donors (Lipinski definition) is 2. The van der Waals surface area contributed by atoms with E-state index in [-0.39, 0.29) is 5.25 Å². The number of nitrogens with zero attached hydrogens (tertiary/aromatic N) is 3. The van der Waals surface area contributed by atoms with Crippen LogP contribution in [-0.2, 0) is 10.0 Å². The van der Waals surface area contributed by atoms with Gasteiger partial charge in [0.15, 0.2) is 0 Å². The highest BCUT2D eigenvalue weighted by atomic mass is 32.2. The normalized spacial score (nSPS) is 16.9. The minimum Gasteiger partial charge on any atom is -0.369 e. The summed E-state index contributed by atoms with van der Waals surface area (Å²) in [6, 6.07) is 14.3. The lowest BCUT2D eigenvalue weighted by molar-refractivity contribution is 0.312. The van der Waals surface area contributed by atoms with Crippen molar-refractivity contribution in [2.24, 2.45) is 0 Å². The number of hydrogen-bond acceptors (Lipinski definition) is 5. The van der Waals surface area contributed by atoms with Gasteiger partial charge in [-0.15, -0.1) is 0 Å². The fourth-order valence-electron chi connectivity index (χ4n) is 5.40. The number of pyridine rings is 1. The summed E-state index contributed by atoms with van der Waals surface area (Å²) in [4.78, 5) is 12.9. The van der Waals surface area contributed by atoms with Crippen molar-refractivity contribution < 1.29 is 8.42 Å². The second-order valence-corrected chi connectivity index (χ2v) is 12.5. The van der Waals surface area contributed by atoms with Gasteiger partial charge >= 0.3 is 0 Å².